The van der Waals surface area contributed by atoms with Crippen LogP contribution in [0.3, 0.4) is 0 Å². The fraction of sp³-hybridized carbons (Fsp3) is 0.500. The number of rotatable bonds is 2. The van der Waals surface area contributed by atoms with Gasteiger partial charge in [-0.1, -0.05) is 43.6 Å². The SMILES string of the molecule is CC1(C)CC1(CO)c1ccccc1Cl. The molecule has 1 N–H and O–H groups in total. The van der Waals surface area contributed by atoms with Crippen LogP contribution in [0.25, 0.3) is 0 Å². The molecule has 2 rings (SSSR count). The Kier molecular flexibility index (Phi) is 2.13. The Morgan fingerprint density at radius 3 is 2.36 bits per heavy atom. The summed E-state index contributed by atoms with van der Waals surface area (Å²) in [7, 11) is 0. The lowest BCUT2D eigenvalue weighted by Crippen LogP contribution is -2.19. The maximum atomic E-state index is 9.51. The zero-order valence-corrected chi connectivity index (χ0v) is 9.30. The van der Waals surface area contributed by atoms with Crippen molar-refractivity contribution >= 4 is 11.6 Å². The highest BCUT2D eigenvalue weighted by atomic mass is 35.5. The Hall–Kier alpha value is -0.530. The van der Waals surface area contributed by atoms with E-state index in [0.717, 1.165) is 17.0 Å². The van der Waals surface area contributed by atoms with Crippen LogP contribution in [-0.4, -0.2) is 11.7 Å². The quantitative estimate of drug-likeness (QED) is 0.796. The minimum atomic E-state index is -0.106. The Balaban J connectivity index is 2.46. The zero-order chi connectivity index (χ0) is 10.4. The molecule has 76 valence electrons. The molecule has 0 bridgehead atoms. The van der Waals surface area contributed by atoms with Gasteiger partial charge in [-0.15, -0.1) is 0 Å². The first-order valence-corrected chi connectivity index (χ1v) is 5.27. The van der Waals surface area contributed by atoms with Crippen LogP contribution < -0.4 is 0 Å². The van der Waals surface area contributed by atoms with Gasteiger partial charge in [0.2, 0.25) is 0 Å². The van der Waals surface area contributed by atoms with E-state index < -0.39 is 0 Å². The molecule has 0 radical (unpaired) electrons. The highest BCUT2D eigenvalue weighted by Gasteiger charge is 2.62. The van der Waals surface area contributed by atoms with E-state index >= 15 is 0 Å². The predicted molar refractivity (Wildman–Crippen MR) is 58.6 cm³/mol. The highest BCUT2D eigenvalue weighted by molar-refractivity contribution is 6.31. The molecule has 1 saturated carbocycles. The van der Waals surface area contributed by atoms with Gasteiger partial charge in [-0.2, -0.15) is 0 Å². The molecule has 1 aromatic rings. The zero-order valence-electron chi connectivity index (χ0n) is 8.55. The first-order chi connectivity index (χ1) is 6.53. The number of aliphatic hydroxyl groups excluding tert-OH is 1. The molecule has 0 aliphatic heterocycles. The first-order valence-electron chi connectivity index (χ1n) is 4.89. The average Bonchev–Trinajstić information content (AvgIpc) is 2.70. The fourth-order valence-electron chi connectivity index (χ4n) is 2.37. The second-order valence-corrected chi connectivity index (χ2v) is 5.19. The molecule has 1 fully saturated rings. The van der Waals surface area contributed by atoms with Crippen molar-refractivity contribution in [1.29, 1.82) is 0 Å². The number of hydrogen-bond acceptors (Lipinski definition) is 1. The third-order valence-corrected chi connectivity index (χ3v) is 3.90. The third-order valence-electron chi connectivity index (χ3n) is 3.57. The summed E-state index contributed by atoms with van der Waals surface area (Å²) in [5.74, 6) is 0. The molecule has 0 spiro atoms. The number of aliphatic hydroxyl groups is 1. The molecule has 1 unspecified atom stereocenters. The topological polar surface area (TPSA) is 20.2 Å². The van der Waals surface area contributed by atoms with Gasteiger partial charge < -0.3 is 5.11 Å². The number of hydrogen-bond donors (Lipinski definition) is 1. The summed E-state index contributed by atoms with van der Waals surface area (Å²) in [4.78, 5) is 0. The Labute approximate surface area is 89.7 Å². The number of benzene rings is 1. The summed E-state index contributed by atoms with van der Waals surface area (Å²) in [6, 6.07) is 7.81. The van der Waals surface area contributed by atoms with Crippen LogP contribution in [-0.2, 0) is 5.41 Å². The molecule has 14 heavy (non-hydrogen) atoms. The van der Waals surface area contributed by atoms with Crippen LogP contribution in [0.15, 0.2) is 24.3 Å². The van der Waals surface area contributed by atoms with Crippen molar-refractivity contribution in [2.75, 3.05) is 6.61 Å². The number of halogens is 1. The third kappa shape index (κ3) is 1.19. The normalized spacial score (nSPS) is 28.9. The summed E-state index contributed by atoms with van der Waals surface area (Å²) in [5.41, 5.74) is 1.16. The van der Waals surface area contributed by atoms with Crippen molar-refractivity contribution in [3.05, 3.63) is 34.9 Å². The predicted octanol–water partition coefficient (Wildman–Crippen LogP) is 3.00. The van der Waals surface area contributed by atoms with E-state index in [-0.39, 0.29) is 17.4 Å². The van der Waals surface area contributed by atoms with Crippen LogP contribution in [0.4, 0.5) is 0 Å². The smallest absolute Gasteiger partial charge is 0.0533 e. The van der Waals surface area contributed by atoms with Gasteiger partial charge in [0.05, 0.1) is 6.61 Å². The summed E-state index contributed by atoms with van der Waals surface area (Å²) in [6.45, 7) is 4.53. The molecule has 1 aliphatic carbocycles. The van der Waals surface area contributed by atoms with Crippen LogP contribution in [0.2, 0.25) is 5.02 Å². The van der Waals surface area contributed by atoms with E-state index in [2.05, 4.69) is 13.8 Å². The van der Waals surface area contributed by atoms with Crippen LogP contribution in [0, 0.1) is 5.41 Å². The van der Waals surface area contributed by atoms with Crippen molar-refractivity contribution in [3.8, 4) is 0 Å². The van der Waals surface area contributed by atoms with Gasteiger partial charge in [-0.3, -0.25) is 0 Å². The molecule has 1 aliphatic rings. The van der Waals surface area contributed by atoms with Crippen molar-refractivity contribution in [1.82, 2.24) is 0 Å². The molecule has 0 heterocycles. The molecule has 1 atom stereocenters. The lowest BCUT2D eigenvalue weighted by Gasteiger charge is -2.19. The fourth-order valence-corrected chi connectivity index (χ4v) is 2.69. The molecule has 0 saturated heterocycles. The molecule has 0 aromatic heterocycles. The standard InChI is InChI=1S/C12H15ClO/c1-11(2)7-12(11,8-14)9-5-3-4-6-10(9)13/h3-6,14H,7-8H2,1-2H3. The van der Waals surface area contributed by atoms with E-state index in [1.165, 1.54) is 0 Å². The van der Waals surface area contributed by atoms with Gasteiger partial charge >= 0.3 is 0 Å². The summed E-state index contributed by atoms with van der Waals surface area (Å²) < 4.78 is 0. The molecular formula is C12H15ClO. The van der Waals surface area contributed by atoms with Gasteiger partial charge in [0, 0.05) is 10.4 Å². The van der Waals surface area contributed by atoms with Gasteiger partial charge in [0.25, 0.3) is 0 Å². The van der Waals surface area contributed by atoms with Gasteiger partial charge in [-0.25, -0.2) is 0 Å². The maximum Gasteiger partial charge on any atom is 0.0533 e. The monoisotopic (exact) mass is 210 g/mol. The summed E-state index contributed by atoms with van der Waals surface area (Å²) in [5, 5.41) is 10.3. The van der Waals surface area contributed by atoms with Gasteiger partial charge in [0.1, 0.15) is 0 Å². The maximum absolute atomic E-state index is 9.51. The molecule has 1 nitrogen and oxygen atoms in total. The Bertz CT molecular complexity index is 359. The van der Waals surface area contributed by atoms with E-state index in [1.54, 1.807) is 0 Å². The Morgan fingerprint density at radius 2 is 1.93 bits per heavy atom. The lowest BCUT2D eigenvalue weighted by atomic mass is 9.89. The molecule has 0 amide bonds. The second kappa shape index (κ2) is 2.98. The van der Waals surface area contributed by atoms with Gasteiger partial charge in [-0.05, 0) is 23.5 Å². The largest absolute Gasteiger partial charge is 0.395 e. The molecule has 2 heteroatoms. The summed E-state index contributed by atoms with van der Waals surface area (Å²) >= 11 is 6.14. The van der Waals surface area contributed by atoms with Crippen LogP contribution >= 0.6 is 11.6 Å². The van der Waals surface area contributed by atoms with Crippen molar-refractivity contribution in [3.63, 3.8) is 0 Å². The van der Waals surface area contributed by atoms with E-state index in [1.807, 2.05) is 24.3 Å². The van der Waals surface area contributed by atoms with E-state index in [0.29, 0.717) is 0 Å². The lowest BCUT2D eigenvalue weighted by molar-refractivity contribution is 0.231. The first kappa shape index (κ1) is 10.0. The highest BCUT2D eigenvalue weighted by Crippen LogP contribution is 2.64. The van der Waals surface area contributed by atoms with E-state index in [4.69, 9.17) is 11.6 Å². The minimum absolute atomic E-state index is 0.106. The van der Waals surface area contributed by atoms with Crippen molar-refractivity contribution in [2.45, 2.75) is 25.7 Å². The average molecular weight is 211 g/mol. The second-order valence-electron chi connectivity index (χ2n) is 4.78. The molecular weight excluding hydrogens is 196 g/mol. The minimum Gasteiger partial charge on any atom is -0.395 e. The van der Waals surface area contributed by atoms with Gasteiger partial charge in [0.15, 0.2) is 0 Å². The molecule has 1 aromatic carbocycles. The van der Waals surface area contributed by atoms with E-state index in [9.17, 15) is 5.11 Å². The van der Waals surface area contributed by atoms with Crippen LogP contribution in [0.5, 0.6) is 0 Å². The van der Waals surface area contributed by atoms with Crippen molar-refractivity contribution in [2.24, 2.45) is 5.41 Å². The summed E-state index contributed by atoms with van der Waals surface area (Å²) in [6.07, 6.45) is 1.01. The van der Waals surface area contributed by atoms with Crippen molar-refractivity contribution < 1.29 is 5.11 Å². The van der Waals surface area contributed by atoms with Crippen LogP contribution in [0.1, 0.15) is 25.8 Å². The Morgan fingerprint density at radius 1 is 1.36 bits per heavy atom.